The van der Waals surface area contributed by atoms with E-state index in [4.69, 9.17) is 4.42 Å². The molecule has 5 nitrogen and oxygen atoms in total. The molecule has 1 amide bonds. The summed E-state index contributed by atoms with van der Waals surface area (Å²) in [4.78, 5) is 13.0. The summed E-state index contributed by atoms with van der Waals surface area (Å²) in [5.41, 5.74) is 2.29. The second kappa shape index (κ2) is 7.40. The highest BCUT2D eigenvalue weighted by molar-refractivity contribution is 7.13. The van der Waals surface area contributed by atoms with Gasteiger partial charge in [-0.25, -0.2) is 0 Å². The van der Waals surface area contributed by atoms with Crippen molar-refractivity contribution in [3.05, 3.63) is 58.8 Å². The van der Waals surface area contributed by atoms with E-state index in [0.29, 0.717) is 18.3 Å². The van der Waals surface area contributed by atoms with Crippen molar-refractivity contribution in [1.82, 2.24) is 15.5 Å². The number of nitrogens with zero attached hydrogens (tertiary/aromatic N) is 2. The molecule has 3 rings (SSSR count). The maximum absolute atomic E-state index is 12.1. The molecule has 24 heavy (non-hydrogen) atoms. The fraction of sp³-hybridized carbons (Fsp3) is 0.278. The maximum Gasteiger partial charge on any atom is 0.258 e. The van der Waals surface area contributed by atoms with Crippen LogP contribution in [0.3, 0.4) is 0 Å². The monoisotopic (exact) mass is 341 g/mol. The molecule has 0 spiro atoms. The van der Waals surface area contributed by atoms with Gasteiger partial charge in [-0.3, -0.25) is 4.79 Å². The zero-order valence-electron chi connectivity index (χ0n) is 13.7. The molecule has 0 unspecified atom stereocenters. The van der Waals surface area contributed by atoms with Crippen LogP contribution in [0.2, 0.25) is 0 Å². The first kappa shape index (κ1) is 16.4. The van der Waals surface area contributed by atoms with Crippen LogP contribution in [0.25, 0.3) is 10.8 Å². The number of aryl methyl sites for hydroxylation is 1. The summed E-state index contributed by atoms with van der Waals surface area (Å²) >= 11 is 1.55. The van der Waals surface area contributed by atoms with Crippen LogP contribution in [0.15, 0.2) is 46.2 Å². The standard InChI is InChI=1S/C18H19N3O2S/c1-12-8-9-24-17(12)18-21-20-16(23-18)10-15(22)19-11-13(2)14-6-4-3-5-7-14/h3-9,13H,10-11H2,1-2H3,(H,19,22)/t13-/m1/s1. The summed E-state index contributed by atoms with van der Waals surface area (Å²) in [5, 5.41) is 12.9. The third kappa shape index (κ3) is 3.89. The molecule has 0 fully saturated rings. The maximum atomic E-state index is 12.1. The summed E-state index contributed by atoms with van der Waals surface area (Å²) in [6, 6.07) is 12.1. The zero-order chi connectivity index (χ0) is 16.9. The average Bonchev–Trinajstić information content (AvgIpc) is 3.22. The number of hydrogen-bond donors (Lipinski definition) is 1. The molecule has 1 aromatic carbocycles. The summed E-state index contributed by atoms with van der Waals surface area (Å²) in [7, 11) is 0. The first-order valence-electron chi connectivity index (χ1n) is 7.82. The molecule has 124 valence electrons. The van der Waals surface area contributed by atoms with E-state index in [1.807, 2.05) is 36.6 Å². The zero-order valence-corrected chi connectivity index (χ0v) is 14.5. The predicted octanol–water partition coefficient (Wildman–Crippen LogP) is 3.57. The Bertz CT molecular complexity index is 811. The minimum atomic E-state index is -0.115. The Hall–Kier alpha value is -2.47. The van der Waals surface area contributed by atoms with Gasteiger partial charge >= 0.3 is 0 Å². The molecule has 0 saturated carbocycles. The van der Waals surface area contributed by atoms with Crippen molar-refractivity contribution in [2.75, 3.05) is 6.54 Å². The lowest BCUT2D eigenvalue weighted by molar-refractivity contribution is -0.120. The molecule has 0 saturated heterocycles. The molecule has 2 aromatic heterocycles. The van der Waals surface area contributed by atoms with Crippen LogP contribution < -0.4 is 5.32 Å². The number of benzene rings is 1. The molecule has 3 aromatic rings. The van der Waals surface area contributed by atoms with Gasteiger partial charge in [0.05, 0.1) is 4.88 Å². The molecule has 0 aliphatic heterocycles. The second-order valence-corrected chi connectivity index (χ2v) is 6.64. The van der Waals surface area contributed by atoms with Crippen LogP contribution >= 0.6 is 11.3 Å². The molecule has 1 atom stereocenters. The molecule has 6 heteroatoms. The van der Waals surface area contributed by atoms with E-state index in [1.165, 1.54) is 5.56 Å². The Labute approximate surface area is 144 Å². The smallest absolute Gasteiger partial charge is 0.258 e. The molecule has 1 N–H and O–H groups in total. The predicted molar refractivity (Wildman–Crippen MR) is 93.9 cm³/mol. The first-order chi connectivity index (χ1) is 11.6. The number of aromatic nitrogens is 2. The van der Waals surface area contributed by atoms with E-state index in [2.05, 4.69) is 34.6 Å². The van der Waals surface area contributed by atoms with Crippen LogP contribution in [0.1, 0.15) is 29.9 Å². The van der Waals surface area contributed by atoms with Crippen LogP contribution in [-0.2, 0) is 11.2 Å². The lowest BCUT2D eigenvalue weighted by atomic mass is 10.0. The second-order valence-electron chi connectivity index (χ2n) is 5.73. The van der Waals surface area contributed by atoms with Gasteiger partial charge in [-0.05, 0) is 35.4 Å². The highest BCUT2D eigenvalue weighted by Crippen LogP contribution is 2.27. The highest BCUT2D eigenvalue weighted by Gasteiger charge is 2.15. The van der Waals surface area contributed by atoms with Crippen molar-refractivity contribution in [3.8, 4) is 10.8 Å². The summed E-state index contributed by atoms with van der Waals surface area (Å²) in [6.07, 6.45) is 0.0962. The third-order valence-electron chi connectivity index (χ3n) is 3.81. The molecule has 0 aliphatic rings. The van der Waals surface area contributed by atoms with Gasteiger partial charge in [-0.15, -0.1) is 21.5 Å². The Morgan fingerprint density at radius 3 is 2.75 bits per heavy atom. The Morgan fingerprint density at radius 1 is 1.25 bits per heavy atom. The highest BCUT2D eigenvalue weighted by atomic mass is 32.1. The van der Waals surface area contributed by atoms with Crippen LogP contribution in [0, 0.1) is 6.92 Å². The summed E-state index contributed by atoms with van der Waals surface area (Å²) < 4.78 is 5.60. The molecule has 0 aliphatic carbocycles. The van der Waals surface area contributed by atoms with Gasteiger partial charge in [0.1, 0.15) is 6.42 Å². The Morgan fingerprint density at radius 2 is 2.04 bits per heavy atom. The fourth-order valence-corrected chi connectivity index (χ4v) is 3.22. The van der Waals surface area contributed by atoms with Gasteiger partial charge in [0.25, 0.3) is 5.89 Å². The van der Waals surface area contributed by atoms with Gasteiger partial charge in [0, 0.05) is 6.54 Å². The summed E-state index contributed by atoms with van der Waals surface area (Å²) in [6.45, 7) is 4.65. The summed E-state index contributed by atoms with van der Waals surface area (Å²) in [5.74, 6) is 0.948. The number of carbonyl (C=O) groups is 1. The van der Waals surface area contributed by atoms with Crippen LogP contribution in [0.5, 0.6) is 0 Å². The van der Waals surface area contributed by atoms with Gasteiger partial charge < -0.3 is 9.73 Å². The van der Waals surface area contributed by atoms with E-state index in [-0.39, 0.29) is 18.2 Å². The van der Waals surface area contributed by atoms with Crippen molar-refractivity contribution >= 4 is 17.2 Å². The van der Waals surface area contributed by atoms with Crippen molar-refractivity contribution in [2.24, 2.45) is 0 Å². The number of rotatable bonds is 6. The van der Waals surface area contributed by atoms with Gasteiger partial charge in [-0.1, -0.05) is 37.3 Å². The van der Waals surface area contributed by atoms with E-state index in [1.54, 1.807) is 11.3 Å². The number of thiophene rings is 1. The number of nitrogens with one attached hydrogen (secondary N) is 1. The first-order valence-corrected chi connectivity index (χ1v) is 8.70. The lowest BCUT2D eigenvalue weighted by Crippen LogP contribution is -2.29. The van der Waals surface area contributed by atoms with Crippen molar-refractivity contribution in [2.45, 2.75) is 26.2 Å². The minimum absolute atomic E-state index is 0.0962. The van der Waals surface area contributed by atoms with E-state index in [9.17, 15) is 4.79 Å². The average molecular weight is 341 g/mol. The topological polar surface area (TPSA) is 68.0 Å². The SMILES string of the molecule is Cc1ccsc1-c1nnc(CC(=O)NC[C@@H](C)c2ccccc2)o1. The van der Waals surface area contributed by atoms with Crippen LogP contribution in [-0.4, -0.2) is 22.6 Å². The van der Waals surface area contributed by atoms with Gasteiger partial charge in [-0.2, -0.15) is 0 Å². The number of carbonyl (C=O) groups excluding carboxylic acids is 1. The van der Waals surface area contributed by atoms with E-state index < -0.39 is 0 Å². The van der Waals surface area contributed by atoms with E-state index >= 15 is 0 Å². The number of hydrogen-bond acceptors (Lipinski definition) is 5. The molecule has 0 radical (unpaired) electrons. The van der Waals surface area contributed by atoms with Gasteiger partial charge in [0.15, 0.2) is 0 Å². The van der Waals surface area contributed by atoms with Crippen molar-refractivity contribution in [3.63, 3.8) is 0 Å². The molecular formula is C18H19N3O2S. The normalized spacial score (nSPS) is 12.1. The number of amides is 1. The fourth-order valence-electron chi connectivity index (χ4n) is 2.37. The van der Waals surface area contributed by atoms with E-state index in [0.717, 1.165) is 10.4 Å². The molecular weight excluding hydrogens is 322 g/mol. The largest absolute Gasteiger partial charge is 0.419 e. The Kier molecular flexibility index (Phi) is 5.05. The third-order valence-corrected chi connectivity index (χ3v) is 4.81. The van der Waals surface area contributed by atoms with Crippen molar-refractivity contribution < 1.29 is 9.21 Å². The Balaban J connectivity index is 1.54. The lowest BCUT2D eigenvalue weighted by Gasteiger charge is -2.12. The van der Waals surface area contributed by atoms with Crippen molar-refractivity contribution in [1.29, 1.82) is 0 Å². The van der Waals surface area contributed by atoms with Crippen LogP contribution in [0.4, 0.5) is 0 Å². The molecule has 0 bridgehead atoms. The molecule has 2 heterocycles. The minimum Gasteiger partial charge on any atom is -0.419 e. The van der Waals surface area contributed by atoms with Gasteiger partial charge in [0.2, 0.25) is 11.8 Å². The quantitative estimate of drug-likeness (QED) is 0.744.